The average Bonchev–Trinajstić information content (AvgIpc) is 3.46. The number of ether oxygens (including phenoxy) is 2. The van der Waals surface area contributed by atoms with Gasteiger partial charge in [-0.1, -0.05) is 42.5 Å². The second kappa shape index (κ2) is 11.8. The molecule has 188 valence electrons. The van der Waals surface area contributed by atoms with Crippen molar-refractivity contribution in [1.29, 1.82) is 0 Å². The molecule has 1 fully saturated rings. The SMILES string of the molecule is O=C(c1ccc(-c2cccc(F)c2)cc1)N(Cc1ccc(OCc2cccnc2)cc1)C[C@H]1CCCO1. The summed E-state index contributed by atoms with van der Waals surface area (Å²) in [6.45, 7) is 2.18. The molecule has 0 aliphatic carbocycles. The van der Waals surface area contributed by atoms with Crippen LogP contribution in [0.4, 0.5) is 4.39 Å². The van der Waals surface area contributed by atoms with Gasteiger partial charge in [0.2, 0.25) is 0 Å². The van der Waals surface area contributed by atoms with Crippen molar-refractivity contribution < 1.29 is 18.7 Å². The van der Waals surface area contributed by atoms with E-state index in [1.807, 2.05) is 59.5 Å². The van der Waals surface area contributed by atoms with Gasteiger partial charge in [0.05, 0.1) is 6.10 Å². The topological polar surface area (TPSA) is 51.7 Å². The van der Waals surface area contributed by atoms with Crippen LogP contribution in [0, 0.1) is 5.82 Å². The maximum absolute atomic E-state index is 13.6. The van der Waals surface area contributed by atoms with Gasteiger partial charge in [-0.15, -0.1) is 0 Å². The predicted molar refractivity (Wildman–Crippen MR) is 141 cm³/mol. The van der Waals surface area contributed by atoms with Crippen LogP contribution < -0.4 is 4.74 Å². The van der Waals surface area contributed by atoms with Gasteiger partial charge < -0.3 is 14.4 Å². The summed E-state index contributed by atoms with van der Waals surface area (Å²) >= 11 is 0. The molecule has 1 aliphatic heterocycles. The van der Waals surface area contributed by atoms with E-state index >= 15 is 0 Å². The monoisotopic (exact) mass is 496 g/mol. The van der Waals surface area contributed by atoms with E-state index in [0.29, 0.717) is 25.3 Å². The van der Waals surface area contributed by atoms with E-state index in [9.17, 15) is 9.18 Å². The highest BCUT2D eigenvalue weighted by atomic mass is 19.1. The van der Waals surface area contributed by atoms with Gasteiger partial charge in [0, 0.05) is 43.2 Å². The van der Waals surface area contributed by atoms with E-state index < -0.39 is 0 Å². The molecule has 3 aromatic carbocycles. The van der Waals surface area contributed by atoms with Crippen LogP contribution in [0.2, 0.25) is 0 Å². The molecule has 5 rings (SSSR count). The van der Waals surface area contributed by atoms with E-state index in [1.165, 1.54) is 12.1 Å². The zero-order chi connectivity index (χ0) is 25.5. The standard InChI is InChI=1S/C31H29FN2O3/c32-28-6-1-5-27(18-28)25-10-12-26(13-11-25)31(35)34(21-30-7-3-17-36-30)20-23-8-14-29(15-9-23)37-22-24-4-2-16-33-19-24/h1-2,4-6,8-16,18-19,30H,3,7,17,20-22H2/t30-/m1/s1. The average molecular weight is 497 g/mol. The van der Waals surface area contributed by atoms with Crippen molar-refractivity contribution in [2.24, 2.45) is 0 Å². The normalized spacial score (nSPS) is 14.9. The summed E-state index contributed by atoms with van der Waals surface area (Å²) in [5, 5.41) is 0. The Balaban J connectivity index is 1.28. The Labute approximate surface area is 216 Å². The van der Waals surface area contributed by atoms with Gasteiger partial charge in [0.1, 0.15) is 18.2 Å². The minimum absolute atomic E-state index is 0.0394. The van der Waals surface area contributed by atoms with Gasteiger partial charge in [-0.3, -0.25) is 9.78 Å². The number of aromatic nitrogens is 1. The molecule has 0 saturated carbocycles. The molecular weight excluding hydrogens is 467 g/mol. The second-order valence-electron chi connectivity index (χ2n) is 9.20. The molecule has 6 heteroatoms. The number of carbonyl (C=O) groups excluding carboxylic acids is 1. The van der Waals surface area contributed by atoms with Crippen LogP contribution in [-0.4, -0.2) is 35.0 Å². The summed E-state index contributed by atoms with van der Waals surface area (Å²) < 4.78 is 25.3. The Morgan fingerprint density at radius 1 is 0.973 bits per heavy atom. The molecule has 0 N–H and O–H groups in total. The maximum atomic E-state index is 13.6. The Morgan fingerprint density at radius 2 is 1.81 bits per heavy atom. The number of amides is 1. The summed E-state index contributed by atoms with van der Waals surface area (Å²) in [5.74, 6) is 0.421. The molecule has 0 spiro atoms. The predicted octanol–water partition coefficient (Wildman–Crippen LogP) is 6.29. The van der Waals surface area contributed by atoms with Crippen LogP contribution in [0.1, 0.15) is 34.3 Å². The van der Waals surface area contributed by atoms with Crippen molar-refractivity contribution in [2.45, 2.75) is 32.1 Å². The number of hydrogen-bond donors (Lipinski definition) is 0. The lowest BCUT2D eigenvalue weighted by molar-refractivity contribution is 0.0507. The first-order valence-electron chi connectivity index (χ1n) is 12.5. The van der Waals surface area contributed by atoms with Gasteiger partial charge in [-0.2, -0.15) is 0 Å². The highest BCUT2D eigenvalue weighted by molar-refractivity contribution is 5.94. The first-order chi connectivity index (χ1) is 18.1. The van der Waals surface area contributed by atoms with Gasteiger partial charge >= 0.3 is 0 Å². The first kappa shape index (κ1) is 24.7. The Hall–Kier alpha value is -4.03. The van der Waals surface area contributed by atoms with Crippen molar-refractivity contribution in [3.8, 4) is 16.9 Å². The number of benzene rings is 3. The first-order valence-corrected chi connectivity index (χ1v) is 12.5. The van der Waals surface area contributed by atoms with Crippen LogP contribution in [0.5, 0.6) is 5.75 Å². The van der Waals surface area contributed by atoms with Gasteiger partial charge in [-0.25, -0.2) is 4.39 Å². The molecule has 1 aliphatic rings. The molecular formula is C31H29FN2O3. The third-order valence-corrected chi connectivity index (χ3v) is 6.45. The molecule has 0 unspecified atom stereocenters. The van der Waals surface area contributed by atoms with Gasteiger partial charge in [-0.05, 0) is 72.0 Å². The summed E-state index contributed by atoms with van der Waals surface area (Å²) in [5.41, 5.74) is 4.25. The minimum Gasteiger partial charge on any atom is -0.489 e. The summed E-state index contributed by atoms with van der Waals surface area (Å²) in [6.07, 6.45) is 5.52. The van der Waals surface area contributed by atoms with Crippen molar-refractivity contribution in [2.75, 3.05) is 13.2 Å². The lowest BCUT2D eigenvalue weighted by atomic mass is 10.0. The number of nitrogens with zero attached hydrogens (tertiary/aromatic N) is 2. The number of pyridine rings is 1. The molecule has 37 heavy (non-hydrogen) atoms. The van der Waals surface area contributed by atoms with E-state index in [1.54, 1.807) is 30.6 Å². The number of hydrogen-bond acceptors (Lipinski definition) is 4. The second-order valence-corrected chi connectivity index (χ2v) is 9.20. The summed E-state index contributed by atoms with van der Waals surface area (Å²) in [4.78, 5) is 19.5. The molecule has 4 aromatic rings. The van der Waals surface area contributed by atoms with Gasteiger partial charge in [0.15, 0.2) is 0 Å². The Morgan fingerprint density at radius 3 is 2.51 bits per heavy atom. The molecule has 5 nitrogen and oxygen atoms in total. The third-order valence-electron chi connectivity index (χ3n) is 6.45. The van der Waals surface area contributed by atoms with Crippen molar-refractivity contribution in [1.82, 2.24) is 9.88 Å². The Bertz CT molecular complexity index is 1300. The van der Waals surface area contributed by atoms with Crippen LogP contribution in [0.3, 0.4) is 0 Å². The number of carbonyl (C=O) groups is 1. The number of halogens is 1. The fourth-order valence-corrected chi connectivity index (χ4v) is 4.47. The van der Waals surface area contributed by atoms with E-state index in [-0.39, 0.29) is 17.8 Å². The fraction of sp³-hybridized carbons (Fsp3) is 0.226. The van der Waals surface area contributed by atoms with Crippen LogP contribution in [0.15, 0.2) is 97.3 Å². The number of rotatable bonds is 9. The van der Waals surface area contributed by atoms with Gasteiger partial charge in [0.25, 0.3) is 5.91 Å². The van der Waals surface area contributed by atoms with Crippen LogP contribution in [-0.2, 0) is 17.9 Å². The molecule has 2 heterocycles. The fourth-order valence-electron chi connectivity index (χ4n) is 4.47. The van der Waals surface area contributed by atoms with Crippen molar-refractivity contribution >= 4 is 5.91 Å². The largest absolute Gasteiger partial charge is 0.489 e. The van der Waals surface area contributed by atoms with E-state index in [4.69, 9.17) is 9.47 Å². The lowest BCUT2D eigenvalue weighted by Crippen LogP contribution is -2.37. The zero-order valence-electron chi connectivity index (χ0n) is 20.6. The quantitative estimate of drug-likeness (QED) is 0.273. The smallest absolute Gasteiger partial charge is 0.254 e. The van der Waals surface area contributed by atoms with Crippen LogP contribution >= 0.6 is 0 Å². The van der Waals surface area contributed by atoms with Crippen molar-refractivity contribution in [3.63, 3.8) is 0 Å². The molecule has 1 saturated heterocycles. The highest BCUT2D eigenvalue weighted by Gasteiger charge is 2.24. The zero-order valence-corrected chi connectivity index (χ0v) is 20.6. The Kier molecular flexibility index (Phi) is 7.87. The summed E-state index contributed by atoms with van der Waals surface area (Å²) in [6, 6.07) is 25.5. The van der Waals surface area contributed by atoms with Crippen LogP contribution in [0.25, 0.3) is 11.1 Å². The molecule has 1 aromatic heterocycles. The lowest BCUT2D eigenvalue weighted by Gasteiger charge is -2.26. The molecule has 1 atom stereocenters. The highest BCUT2D eigenvalue weighted by Crippen LogP contribution is 2.23. The summed E-state index contributed by atoms with van der Waals surface area (Å²) in [7, 11) is 0. The molecule has 0 radical (unpaired) electrons. The third kappa shape index (κ3) is 6.60. The van der Waals surface area contributed by atoms with Crippen molar-refractivity contribution in [3.05, 3.63) is 120 Å². The maximum Gasteiger partial charge on any atom is 0.254 e. The molecule has 1 amide bonds. The van der Waals surface area contributed by atoms with E-state index in [0.717, 1.165) is 47.5 Å². The molecule has 0 bridgehead atoms. The minimum atomic E-state index is -0.283. The van der Waals surface area contributed by atoms with E-state index in [2.05, 4.69) is 4.98 Å².